The average Bonchev–Trinajstić information content (AvgIpc) is 2.66. The van der Waals surface area contributed by atoms with E-state index >= 15 is 0 Å². The van der Waals surface area contributed by atoms with Crippen LogP contribution in [-0.2, 0) is 6.42 Å². The minimum absolute atomic E-state index is 0.219. The molecule has 2 rings (SSSR count). The van der Waals surface area contributed by atoms with E-state index in [-0.39, 0.29) is 6.04 Å². The number of aryl methyl sites for hydroxylation is 1. The Kier molecular flexibility index (Phi) is 5.32. The van der Waals surface area contributed by atoms with E-state index in [0.29, 0.717) is 5.92 Å². The third-order valence-corrected chi connectivity index (χ3v) is 4.14. The van der Waals surface area contributed by atoms with Crippen LogP contribution in [0.2, 0.25) is 0 Å². The molecule has 19 heavy (non-hydrogen) atoms. The molecule has 1 aromatic rings. The Morgan fingerprint density at radius 3 is 2.53 bits per heavy atom. The molecule has 0 saturated heterocycles. The summed E-state index contributed by atoms with van der Waals surface area (Å²) < 4.78 is 0. The predicted octanol–water partition coefficient (Wildman–Crippen LogP) is 3.50. The van der Waals surface area contributed by atoms with Crippen molar-refractivity contribution in [3.05, 3.63) is 23.3 Å². The van der Waals surface area contributed by atoms with Crippen molar-refractivity contribution in [3.8, 4) is 0 Å². The number of nitrogens with two attached hydrogens (primary N) is 1. The number of hydrogen-bond donors (Lipinski definition) is 1. The molecule has 2 N–H and O–H groups in total. The Bertz CT molecular complexity index is 395. The maximum atomic E-state index is 6.05. The van der Waals surface area contributed by atoms with E-state index in [2.05, 4.69) is 24.9 Å². The van der Waals surface area contributed by atoms with E-state index < -0.39 is 0 Å². The van der Waals surface area contributed by atoms with Crippen LogP contribution < -0.4 is 5.73 Å². The Morgan fingerprint density at radius 2 is 1.89 bits per heavy atom. The van der Waals surface area contributed by atoms with Gasteiger partial charge in [0.25, 0.3) is 0 Å². The SMILES string of the molecule is CCC(N)Cc1cc(C)nc(C2CCCCCC2)n1. The Labute approximate surface area is 117 Å². The number of aromatic nitrogens is 2. The molecule has 106 valence electrons. The van der Waals surface area contributed by atoms with Gasteiger partial charge in [0.15, 0.2) is 0 Å². The van der Waals surface area contributed by atoms with Crippen molar-refractivity contribution in [2.24, 2.45) is 5.73 Å². The summed E-state index contributed by atoms with van der Waals surface area (Å²) in [7, 11) is 0. The van der Waals surface area contributed by atoms with Gasteiger partial charge in [-0.1, -0.05) is 32.6 Å². The molecule has 1 aromatic heterocycles. The molecule has 0 bridgehead atoms. The zero-order chi connectivity index (χ0) is 13.7. The molecule has 0 radical (unpaired) electrons. The highest BCUT2D eigenvalue weighted by Gasteiger charge is 2.18. The van der Waals surface area contributed by atoms with Gasteiger partial charge in [0.1, 0.15) is 5.82 Å². The number of hydrogen-bond acceptors (Lipinski definition) is 3. The summed E-state index contributed by atoms with van der Waals surface area (Å²) >= 11 is 0. The highest BCUT2D eigenvalue weighted by molar-refractivity contribution is 5.13. The fourth-order valence-electron chi connectivity index (χ4n) is 2.90. The van der Waals surface area contributed by atoms with Crippen LogP contribution >= 0.6 is 0 Å². The van der Waals surface area contributed by atoms with Crippen LogP contribution in [0.1, 0.15) is 75.0 Å². The lowest BCUT2D eigenvalue weighted by Crippen LogP contribution is -2.22. The second kappa shape index (κ2) is 6.99. The Balaban J connectivity index is 2.15. The van der Waals surface area contributed by atoms with Crippen molar-refractivity contribution in [1.82, 2.24) is 9.97 Å². The monoisotopic (exact) mass is 261 g/mol. The van der Waals surface area contributed by atoms with Crippen LogP contribution in [0.3, 0.4) is 0 Å². The first-order valence-electron chi connectivity index (χ1n) is 7.79. The van der Waals surface area contributed by atoms with Gasteiger partial charge in [-0.2, -0.15) is 0 Å². The quantitative estimate of drug-likeness (QED) is 0.844. The van der Waals surface area contributed by atoms with Crippen molar-refractivity contribution in [2.75, 3.05) is 0 Å². The zero-order valence-electron chi connectivity index (χ0n) is 12.4. The molecule has 0 aromatic carbocycles. The van der Waals surface area contributed by atoms with Crippen molar-refractivity contribution >= 4 is 0 Å². The maximum absolute atomic E-state index is 6.05. The zero-order valence-corrected chi connectivity index (χ0v) is 12.4. The molecule has 0 aliphatic heterocycles. The summed E-state index contributed by atoms with van der Waals surface area (Å²) in [6, 6.07) is 2.31. The first-order chi connectivity index (χ1) is 9.19. The second-order valence-corrected chi connectivity index (χ2v) is 5.92. The highest BCUT2D eigenvalue weighted by atomic mass is 14.9. The van der Waals surface area contributed by atoms with E-state index in [4.69, 9.17) is 10.7 Å². The minimum atomic E-state index is 0.219. The van der Waals surface area contributed by atoms with E-state index in [9.17, 15) is 0 Å². The third kappa shape index (κ3) is 4.27. The lowest BCUT2D eigenvalue weighted by Gasteiger charge is -2.15. The number of nitrogens with zero attached hydrogens (tertiary/aromatic N) is 2. The fourth-order valence-corrected chi connectivity index (χ4v) is 2.90. The highest BCUT2D eigenvalue weighted by Crippen LogP contribution is 2.29. The summed E-state index contributed by atoms with van der Waals surface area (Å²) in [4.78, 5) is 9.48. The molecule has 0 amide bonds. The van der Waals surface area contributed by atoms with E-state index in [1.807, 2.05) is 0 Å². The molecule has 0 spiro atoms. The average molecular weight is 261 g/mol. The first-order valence-corrected chi connectivity index (χ1v) is 7.79. The first kappa shape index (κ1) is 14.4. The van der Waals surface area contributed by atoms with Gasteiger partial charge in [0, 0.05) is 29.8 Å². The van der Waals surface area contributed by atoms with Gasteiger partial charge in [-0.05, 0) is 32.3 Å². The maximum Gasteiger partial charge on any atom is 0.131 e. The van der Waals surface area contributed by atoms with Crippen molar-refractivity contribution in [3.63, 3.8) is 0 Å². The lowest BCUT2D eigenvalue weighted by molar-refractivity contribution is 0.550. The molecule has 1 saturated carbocycles. The summed E-state index contributed by atoms with van der Waals surface area (Å²) in [6.07, 6.45) is 9.77. The largest absolute Gasteiger partial charge is 0.327 e. The summed E-state index contributed by atoms with van der Waals surface area (Å²) in [5.41, 5.74) is 8.26. The van der Waals surface area contributed by atoms with Crippen LogP contribution in [0.5, 0.6) is 0 Å². The molecule has 3 nitrogen and oxygen atoms in total. The van der Waals surface area contributed by atoms with E-state index in [1.54, 1.807) is 0 Å². The van der Waals surface area contributed by atoms with Gasteiger partial charge in [-0.25, -0.2) is 9.97 Å². The van der Waals surface area contributed by atoms with Crippen molar-refractivity contribution in [2.45, 2.75) is 77.2 Å². The van der Waals surface area contributed by atoms with Gasteiger partial charge < -0.3 is 5.73 Å². The lowest BCUT2D eigenvalue weighted by atomic mass is 9.99. The topological polar surface area (TPSA) is 51.8 Å². The molecular weight excluding hydrogens is 234 g/mol. The fraction of sp³-hybridized carbons (Fsp3) is 0.750. The normalized spacial score (nSPS) is 19.1. The Hall–Kier alpha value is -0.960. The second-order valence-electron chi connectivity index (χ2n) is 5.92. The van der Waals surface area contributed by atoms with Crippen LogP contribution in [0.4, 0.5) is 0 Å². The van der Waals surface area contributed by atoms with Crippen LogP contribution in [0.25, 0.3) is 0 Å². The number of rotatable bonds is 4. The standard InChI is InChI=1S/C16H27N3/c1-3-14(17)11-15-10-12(2)18-16(19-15)13-8-6-4-5-7-9-13/h10,13-14H,3-9,11,17H2,1-2H3. The van der Waals surface area contributed by atoms with Gasteiger partial charge in [0.2, 0.25) is 0 Å². The molecule has 1 heterocycles. The summed E-state index contributed by atoms with van der Waals surface area (Å²) in [5, 5.41) is 0. The minimum Gasteiger partial charge on any atom is -0.327 e. The third-order valence-electron chi connectivity index (χ3n) is 4.14. The van der Waals surface area contributed by atoms with Gasteiger partial charge >= 0.3 is 0 Å². The predicted molar refractivity (Wildman–Crippen MR) is 79.2 cm³/mol. The summed E-state index contributed by atoms with van der Waals surface area (Å²) in [6.45, 7) is 4.20. The molecule has 3 heteroatoms. The molecule has 1 atom stereocenters. The van der Waals surface area contributed by atoms with Crippen LogP contribution in [-0.4, -0.2) is 16.0 Å². The molecular formula is C16H27N3. The summed E-state index contributed by atoms with van der Waals surface area (Å²) in [5.74, 6) is 1.64. The molecule has 1 aliphatic rings. The van der Waals surface area contributed by atoms with Gasteiger partial charge in [-0.15, -0.1) is 0 Å². The molecule has 1 unspecified atom stereocenters. The van der Waals surface area contributed by atoms with Gasteiger partial charge in [0.05, 0.1) is 0 Å². The van der Waals surface area contributed by atoms with E-state index in [0.717, 1.165) is 30.1 Å². The molecule has 1 fully saturated rings. The molecule has 1 aliphatic carbocycles. The van der Waals surface area contributed by atoms with Crippen molar-refractivity contribution < 1.29 is 0 Å². The van der Waals surface area contributed by atoms with Crippen molar-refractivity contribution in [1.29, 1.82) is 0 Å². The van der Waals surface area contributed by atoms with Crippen LogP contribution in [0, 0.1) is 6.92 Å². The van der Waals surface area contributed by atoms with Gasteiger partial charge in [-0.3, -0.25) is 0 Å². The van der Waals surface area contributed by atoms with E-state index in [1.165, 1.54) is 38.5 Å². The van der Waals surface area contributed by atoms with Crippen LogP contribution in [0.15, 0.2) is 6.07 Å². The Morgan fingerprint density at radius 1 is 1.21 bits per heavy atom. The smallest absolute Gasteiger partial charge is 0.131 e.